The number of hydrogen-bond donors (Lipinski definition) is 1. The lowest BCUT2D eigenvalue weighted by Crippen LogP contribution is -2.45. The van der Waals surface area contributed by atoms with Crippen molar-refractivity contribution in [2.45, 2.75) is 45.4 Å². The Morgan fingerprint density at radius 1 is 1.40 bits per heavy atom. The zero-order valence-corrected chi connectivity index (χ0v) is 14.9. The van der Waals surface area contributed by atoms with Gasteiger partial charge in [0.2, 0.25) is 5.91 Å². The molecule has 0 bridgehead atoms. The van der Waals surface area contributed by atoms with Gasteiger partial charge in [-0.25, -0.2) is 0 Å². The predicted octanol–water partition coefficient (Wildman–Crippen LogP) is 0.840. The van der Waals surface area contributed by atoms with Crippen LogP contribution in [0.4, 0.5) is 0 Å². The van der Waals surface area contributed by atoms with E-state index in [0.717, 1.165) is 17.8 Å². The number of amides is 1. The van der Waals surface area contributed by atoms with Gasteiger partial charge in [-0.3, -0.25) is 14.2 Å². The molecule has 1 saturated heterocycles. The van der Waals surface area contributed by atoms with Gasteiger partial charge >= 0.3 is 0 Å². The third kappa shape index (κ3) is 4.19. The average molecular weight is 347 g/mol. The first-order chi connectivity index (χ1) is 12.1. The second-order valence-corrected chi connectivity index (χ2v) is 6.28. The van der Waals surface area contributed by atoms with Crippen molar-refractivity contribution < 1.29 is 14.3 Å². The molecule has 8 nitrogen and oxygen atoms in total. The van der Waals surface area contributed by atoms with E-state index in [1.807, 2.05) is 38.0 Å². The molecule has 1 amide bonds. The van der Waals surface area contributed by atoms with E-state index >= 15 is 0 Å². The van der Waals surface area contributed by atoms with Crippen LogP contribution in [0.5, 0.6) is 5.75 Å². The van der Waals surface area contributed by atoms with Crippen molar-refractivity contribution in [2.75, 3.05) is 13.2 Å². The lowest BCUT2D eigenvalue weighted by molar-refractivity contribution is -0.122. The molecule has 0 spiro atoms. The van der Waals surface area contributed by atoms with E-state index in [1.54, 1.807) is 10.9 Å². The largest absolute Gasteiger partial charge is 0.482 e. The molecule has 1 aliphatic rings. The fraction of sp³-hybridized carbons (Fsp3) is 0.588. The Hall–Kier alpha value is -2.35. The Morgan fingerprint density at radius 3 is 2.92 bits per heavy atom. The highest BCUT2D eigenvalue weighted by Crippen LogP contribution is 2.17. The Morgan fingerprint density at radius 2 is 2.24 bits per heavy atom. The first kappa shape index (κ1) is 17.5. The Kier molecular flexibility index (Phi) is 5.37. The van der Waals surface area contributed by atoms with Crippen molar-refractivity contribution in [3.05, 3.63) is 29.8 Å². The summed E-state index contributed by atoms with van der Waals surface area (Å²) < 4.78 is 15.0. The normalized spacial score (nSPS) is 20.0. The summed E-state index contributed by atoms with van der Waals surface area (Å²) >= 11 is 0. The van der Waals surface area contributed by atoms with Gasteiger partial charge in [0.05, 0.1) is 37.8 Å². The van der Waals surface area contributed by atoms with Gasteiger partial charge in [0, 0.05) is 25.7 Å². The minimum atomic E-state index is -0.196. The zero-order valence-electron chi connectivity index (χ0n) is 14.9. The smallest absolute Gasteiger partial charge is 0.220 e. The summed E-state index contributed by atoms with van der Waals surface area (Å²) in [6.07, 6.45) is 6.25. The highest BCUT2D eigenvalue weighted by atomic mass is 16.5. The van der Waals surface area contributed by atoms with Crippen LogP contribution in [0.3, 0.4) is 0 Å². The first-order valence-electron chi connectivity index (χ1n) is 8.60. The molecule has 0 aliphatic carbocycles. The molecule has 3 heterocycles. The molecule has 0 aromatic carbocycles. The van der Waals surface area contributed by atoms with Crippen molar-refractivity contribution in [1.82, 2.24) is 24.9 Å². The minimum Gasteiger partial charge on any atom is -0.482 e. The Balaban J connectivity index is 1.50. The number of hydrogen-bond acceptors (Lipinski definition) is 5. The maximum atomic E-state index is 12.3. The third-order valence-electron chi connectivity index (χ3n) is 4.55. The van der Waals surface area contributed by atoms with E-state index in [1.165, 1.54) is 0 Å². The maximum absolute atomic E-state index is 12.3. The van der Waals surface area contributed by atoms with Gasteiger partial charge in [-0.1, -0.05) is 0 Å². The summed E-state index contributed by atoms with van der Waals surface area (Å²) in [5.41, 5.74) is 2.19. The number of nitrogens with zero attached hydrogens (tertiary/aromatic N) is 4. The predicted molar refractivity (Wildman–Crippen MR) is 91.3 cm³/mol. The zero-order chi connectivity index (χ0) is 17.8. The van der Waals surface area contributed by atoms with Crippen molar-refractivity contribution in [3.8, 4) is 5.75 Å². The molecule has 8 heteroatoms. The third-order valence-corrected chi connectivity index (χ3v) is 4.55. The molecule has 3 rings (SSSR count). The Bertz CT molecular complexity index is 724. The van der Waals surface area contributed by atoms with Gasteiger partial charge in [-0.15, -0.1) is 0 Å². The minimum absolute atomic E-state index is 0.00314. The van der Waals surface area contributed by atoms with Crippen LogP contribution < -0.4 is 10.1 Å². The molecule has 2 atom stereocenters. The topological polar surface area (TPSA) is 83.2 Å². The van der Waals surface area contributed by atoms with Crippen molar-refractivity contribution in [1.29, 1.82) is 0 Å². The van der Waals surface area contributed by atoms with Crippen molar-refractivity contribution in [2.24, 2.45) is 7.05 Å². The molecular formula is C17H25N5O3. The molecule has 1 N–H and O–H groups in total. The van der Waals surface area contributed by atoms with Gasteiger partial charge in [0.25, 0.3) is 0 Å². The van der Waals surface area contributed by atoms with Crippen molar-refractivity contribution in [3.63, 3.8) is 0 Å². The molecule has 25 heavy (non-hydrogen) atoms. The number of aryl methyl sites for hydroxylation is 3. The molecule has 1 aliphatic heterocycles. The van der Waals surface area contributed by atoms with E-state index in [-0.39, 0.29) is 18.1 Å². The van der Waals surface area contributed by atoms with Crippen LogP contribution in [0, 0.1) is 6.92 Å². The molecule has 136 valence electrons. The van der Waals surface area contributed by atoms with Gasteiger partial charge in [-0.05, 0) is 25.8 Å². The van der Waals surface area contributed by atoms with E-state index in [2.05, 4.69) is 15.5 Å². The van der Waals surface area contributed by atoms with Gasteiger partial charge in [0.15, 0.2) is 5.75 Å². The highest BCUT2D eigenvalue weighted by Gasteiger charge is 2.31. The van der Waals surface area contributed by atoms with Crippen LogP contribution >= 0.6 is 0 Å². The molecule has 1 fully saturated rings. The maximum Gasteiger partial charge on any atom is 0.220 e. The van der Waals surface area contributed by atoms with Crippen LogP contribution in [0.25, 0.3) is 0 Å². The fourth-order valence-corrected chi connectivity index (χ4v) is 2.86. The number of ether oxygens (including phenoxy) is 2. The fourth-order valence-electron chi connectivity index (χ4n) is 2.86. The summed E-state index contributed by atoms with van der Waals surface area (Å²) in [6.45, 7) is 5.74. The van der Waals surface area contributed by atoms with Gasteiger partial charge in [-0.2, -0.15) is 10.2 Å². The monoisotopic (exact) mass is 347 g/mol. The number of carbonyl (C=O) groups is 1. The molecule has 0 saturated carbocycles. The van der Waals surface area contributed by atoms with E-state index in [4.69, 9.17) is 9.47 Å². The summed E-state index contributed by atoms with van der Waals surface area (Å²) in [7, 11) is 1.90. The highest BCUT2D eigenvalue weighted by molar-refractivity contribution is 5.76. The van der Waals surface area contributed by atoms with E-state index in [0.29, 0.717) is 31.8 Å². The molecular weight excluding hydrogens is 322 g/mol. The van der Waals surface area contributed by atoms with E-state index in [9.17, 15) is 4.79 Å². The van der Waals surface area contributed by atoms with Crippen molar-refractivity contribution >= 4 is 5.91 Å². The average Bonchev–Trinajstić information content (AvgIpc) is 3.30. The van der Waals surface area contributed by atoms with Crippen LogP contribution in [0.1, 0.15) is 24.6 Å². The second kappa shape index (κ2) is 7.69. The number of aromatic nitrogens is 4. The van der Waals surface area contributed by atoms with E-state index < -0.39 is 0 Å². The summed E-state index contributed by atoms with van der Waals surface area (Å²) in [5.74, 6) is 0.694. The first-order valence-corrected chi connectivity index (χ1v) is 8.60. The number of nitrogens with one attached hydrogen (secondary N) is 1. The lowest BCUT2D eigenvalue weighted by Gasteiger charge is -2.19. The van der Waals surface area contributed by atoms with Crippen LogP contribution in [-0.4, -0.2) is 50.8 Å². The molecule has 2 aromatic rings. The molecule has 0 radical (unpaired) electrons. The molecule has 2 aromatic heterocycles. The SMILES string of the molecule is CCn1cc(O[C@@H]2COC[C@@H]2NC(=O)CCc2cnn(C)c2C)cn1. The second-order valence-electron chi connectivity index (χ2n) is 6.28. The van der Waals surface area contributed by atoms with Crippen LogP contribution in [0.2, 0.25) is 0 Å². The lowest BCUT2D eigenvalue weighted by atomic mass is 10.1. The summed E-state index contributed by atoms with van der Waals surface area (Å²) in [5, 5.41) is 11.4. The van der Waals surface area contributed by atoms with Gasteiger partial charge in [0.1, 0.15) is 6.10 Å². The summed E-state index contributed by atoms with van der Waals surface area (Å²) in [4.78, 5) is 12.3. The molecule has 0 unspecified atom stereocenters. The quantitative estimate of drug-likeness (QED) is 0.802. The number of rotatable bonds is 7. The summed E-state index contributed by atoms with van der Waals surface area (Å²) in [6, 6.07) is -0.146. The Labute approximate surface area is 147 Å². The van der Waals surface area contributed by atoms with Crippen LogP contribution in [-0.2, 0) is 29.5 Å². The van der Waals surface area contributed by atoms with Crippen LogP contribution in [0.15, 0.2) is 18.6 Å². The number of carbonyl (C=O) groups excluding carboxylic acids is 1. The van der Waals surface area contributed by atoms with Gasteiger partial charge < -0.3 is 14.8 Å². The standard InChI is InChI=1S/C17H25N5O3/c1-4-22-9-14(8-19-22)25-16-11-24-10-15(16)20-17(23)6-5-13-7-18-21(3)12(13)2/h7-9,15-16H,4-6,10-11H2,1-3H3,(H,20,23)/t15-,16+/m0/s1.